The molecule has 0 saturated heterocycles. The Morgan fingerprint density at radius 3 is 2.78 bits per heavy atom. The minimum atomic E-state index is -0.289. The van der Waals surface area contributed by atoms with Crippen LogP contribution in [0.2, 0.25) is 0 Å². The Bertz CT molecular complexity index is 1000. The van der Waals surface area contributed by atoms with Crippen LogP contribution in [-0.2, 0) is 16.1 Å². The van der Waals surface area contributed by atoms with Crippen molar-refractivity contribution >= 4 is 33.5 Å². The quantitative estimate of drug-likeness (QED) is 0.460. The molecule has 0 aliphatic heterocycles. The van der Waals surface area contributed by atoms with Crippen molar-refractivity contribution in [3.63, 3.8) is 0 Å². The third-order valence-corrected chi connectivity index (χ3v) is 5.02. The van der Waals surface area contributed by atoms with Gasteiger partial charge >= 0.3 is 0 Å². The highest BCUT2D eigenvalue weighted by atomic mass is 32.1. The molecule has 0 N–H and O–H groups in total. The van der Waals surface area contributed by atoms with Gasteiger partial charge in [-0.3, -0.25) is 4.79 Å². The average molecular weight is 382 g/mol. The van der Waals surface area contributed by atoms with Crippen molar-refractivity contribution in [3.8, 4) is 5.75 Å². The fourth-order valence-corrected chi connectivity index (χ4v) is 3.74. The second-order valence-electron chi connectivity index (χ2n) is 5.76. The Hall–Kier alpha value is -2.70. The lowest BCUT2D eigenvalue weighted by Crippen LogP contribution is -2.19. The number of fused-ring (bicyclic) bond motifs is 1. The van der Waals surface area contributed by atoms with E-state index in [1.54, 1.807) is 13.2 Å². The molecule has 5 nitrogen and oxygen atoms in total. The second-order valence-corrected chi connectivity index (χ2v) is 6.77. The van der Waals surface area contributed by atoms with Gasteiger partial charge in [0.25, 0.3) is 5.91 Å². The van der Waals surface area contributed by atoms with Crippen molar-refractivity contribution in [1.29, 1.82) is 0 Å². The molecule has 0 unspecified atom stereocenters. The first kappa shape index (κ1) is 19.1. The van der Waals surface area contributed by atoms with Crippen LogP contribution in [0.15, 0.2) is 59.6 Å². The summed E-state index contributed by atoms with van der Waals surface area (Å²) < 4.78 is 13.8. The van der Waals surface area contributed by atoms with E-state index in [0.29, 0.717) is 24.6 Å². The number of carbonyl (C=O) groups excluding carboxylic acids is 1. The van der Waals surface area contributed by atoms with Gasteiger partial charge in [-0.2, -0.15) is 4.99 Å². The molecular formula is C21H22N2O3S. The van der Waals surface area contributed by atoms with Crippen LogP contribution in [0, 0.1) is 0 Å². The number of benzene rings is 2. The molecule has 0 aliphatic carbocycles. The van der Waals surface area contributed by atoms with Crippen molar-refractivity contribution in [2.75, 3.05) is 20.3 Å². The number of nitrogens with zero attached hydrogens (tertiary/aromatic N) is 2. The molecule has 0 radical (unpaired) electrons. The molecule has 1 aromatic heterocycles. The smallest absolute Gasteiger partial charge is 0.272 e. The third kappa shape index (κ3) is 4.93. The number of amides is 1. The van der Waals surface area contributed by atoms with Gasteiger partial charge in [0, 0.05) is 19.2 Å². The van der Waals surface area contributed by atoms with Crippen LogP contribution in [0.4, 0.5) is 0 Å². The van der Waals surface area contributed by atoms with Gasteiger partial charge in [0.15, 0.2) is 4.80 Å². The van der Waals surface area contributed by atoms with Gasteiger partial charge in [-0.05, 0) is 36.8 Å². The summed E-state index contributed by atoms with van der Waals surface area (Å²) in [5.74, 6) is 0.491. The Labute approximate surface area is 162 Å². The number of methoxy groups -OCH3 is 1. The molecule has 3 rings (SSSR count). The van der Waals surface area contributed by atoms with Crippen LogP contribution in [-0.4, -0.2) is 30.8 Å². The molecule has 6 heteroatoms. The normalized spacial score (nSPS) is 12.1. The van der Waals surface area contributed by atoms with E-state index in [2.05, 4.69) is 4.99 Å². The number of hydrogen-bond donors (Lipinski definition) is 0. The molecule has 0 aliphatic rings. The zero-order valence-corrected chi connectivity index (χ0v) is 16.2. The van der Waals surface area contributed by atoms with Gasteiger partial charge in [-0.1, -0.05) is 41.7 Å². The highest BCUT2D eigenvalue weighted by molar-refractivity contribution is 7.16. The maximum Gasteiger partial charge on any atom is 0.272 e. The Kier molecular flexibility index (Phi) is 6.57. The fourth-order valence-electron chi connectivity index (χ4n) is 2.65. The lowest BCUT2D eigenvalue weighted by molar-refractivity contribution is -0.113. The highest BCUT2D eigenvalue weighted by Crippen LogP contribution is 2.23. The predicted octanol–water partition coefficient (Wildman–Crippen LogP) is 3.89. The summed E-state index contributed by atoms with van der Waals surface area (Å²) in [7, 11) is 1.64. The van der Waals surface area contributed by atoms with Gasteiger partial charge in [0.05, 0.1) is 23.9 Å². The summed E-state index contributed by atoms with van der Waals surface area (Å²) in [6.45, 7) is 3.82. The molecule has 0 fully saturated rings. The first-order chi connectivity index (χ1) is 13.2. The first-order valence-corrected chi connectivity index (χ1v) is 9.60. The monoisotopic (exact) mass is 382 g/mol. The zero-order chi connectivity index (χ0) is 19.1. The largest absolute Gasteiger partial charge is 0.497 e. The Balaban J connectivity index is 1.95. The van der Waals surface area contributed by atoms with Gasteiger partial charge in [0.2, 0.25) is 0 Å². The molecule has 0 bridgehead atoms. The van der Waals surface area contributed by atoms with Gasteiger partial charge in [-0.25, -0.2) is 0 Å². The minimum Gasteiger partial charge on any atom is -0.497 e. The summed E-state index contributed by atoms with van der Waals surface area (Å²) in [5, 5.41) is 0. The van der Waals surface area contributed by atoms with Crippen molar-refractivity contribution in [2.45, 2.75) is 13.5 Å². The summed E-state index contributed by atoms with van der Waals surface area (Å²) >= 11 is 1.47. The van der Waals surface area contributed by atoms with Crippen molar-refractivity contribution in [3.05, 3.63) is 65.0 Å². The fraction of sp³-hybridized carbons (Fsp3) is 0.238. The van der Waals surface area contributed by atoms with Gasteiger partial charge in [-0.15, -0.1) is 0 Å². The lowest BCUT2D eigenvalue weighted by Gasteiger charge is -2.05. The Morgan fingerprint density at radius 2 is 2.04 bits per heavy atom. The summed E-state index contributed by atoms with van der Waals surface area (Å²) in [6.07, 6.45) is 3.26. The molecule has 1 heterocycles. The molecule has 140 valence electrons. The van der Waals surface area contributed by atoms with E-state index in [1.807, 2.05) is 60.0 Å². The number of thiazole rings is 1. The highest BCUT2D eigenvalue weighted by Gasteiger charge is 2.08. The molecule has 27 heavy (non-hydrogen) atoms. The van der Waals surface area contributed by atoms with Crippen LogP contribution in [0.5, 0.6) is 5.75 Å². The molecule has 3 aromatic rings. The summed E-state index contributed by atoms with van der Waals surface area (Å²) in [5.41, 5.74) is 1.98. The van der Waals surface area contributed by atoms with Crippen LogP contribution in [0.1, 0.15) is 12.5 Å². The van der Waals surface area contributed by atoms with E-state index in [4.69, 9.17) is 9.47 Å². The number of aromatic nitrogens is 1. The predicted molar refractivity (Wildman–Crippen MR) is 109 cm³/mol. The number of carbonyl (C=O) groups is 1. The number of rotatable bonds is 7. The third-order valence-electron chi connectivity index (χ3n) is 3.98. The minimum absolute atomic E-state index is 0.289. The lowest BCUT2D eigenvalue weighted by atomic mass is 10.2. The number of hydrogen-bond acceptors (Lipinski definition) is 4. The van der Waals surface area contributed by atoms with Crippen LogP contribution >= 0.6 is 11.3 Å². The van der Waals surface area contributed by atoms with Crippen molar-refractivity contribution in [2.24, 2.45) is 4.99 Å². The van der Waals surface area contributed by atoms with E-state index in [9.17, 15) is 4.79 Å². The molecule has 0 atom stereocenters. The maximum atomic E-state index is 12.4. The molecular weight excluding hydrogens is 360 g/mol. The van der Waals surface area contributed by atoms with Crippen LogP contribution in [0.3, 0.4) is 0 Å². The van der Waals surface area contributed by atoms with Gasteiger partial charge in [0.1, 0.15) is 5.75 Å². The maximum absolute atomic E-state index is 12.4. The zero-order valence-electron chi connectivity index (χ0n) is 15.4. The standard InChI is InChI=1S/C21H22N2O3S/c1-3-26-14-13-23-18-11-10-17(25-2)15-19(18)27-21(23)22-20(24)12-9-16-7-5-4-6-8-16/h4-12,15H,3,13-14H2,1-2H3/b12-9+,22-21?. The Morgan fingerprint density at radius 1 is 1.22 bits per heavy atom. The second kappa shape index (κ2) is 9.30. The summed E-state index contributed by atoms with van der Waals surface area (Å²) in [6, 6.07) is 15.5. The van der Waals surface area contributed by atoms with E-state index in [-0.39, 0.29) is 5.91 Å². The first-order valence-electron chi connectivity index (χ1n) is 8.78. The van der Waals surface area contributed by atoms with Crippen molar-refractivity contribution in [1.82, 2.24) is 4.57 Å². The van der Waals surface area contributed by atoms with Crippen molar-refractivity contribution < 1.29 is 14.3 Å². The van der Waals surface area contributed by atoms with Crippen LogP contribution in [0.25, 0.3) is 16.3 Å². The molecule has 1 amide bonds. The SMILES string of the molecule is CCOCCn1c(=NC(=O)/C=C/c2ccccc2)sc2cc(OC)ccc21. The molecule has 2 aromatic carbocycles. The molecule has 0 saturated carbocycles. The average Bonchev–Trinajstić information content (AvgIpc) is 3.03. The van der Waals surface area contributed by atoms with Crippen LogP contribution < -0.4 is 9.54 Å². The van der Waals surface area contributed by atoms with E-state index in [1.165, 1.54) is 17.4 Å². The topological polar surface area (TPSA) is 52.8 Å². The van der Waals surface area contributed by atoms with E-state index < -0.39 is 0 Å². The van der Waals surface area contributed by atoms with E-state index in [0.717, 1.165) is 21.5 Å². The van der Waals surface area contributed by atoms with E-state index >= 15 is 0 Å². The molecule has 0 spiro atoms. The number of ether oxygens (including phenoxy) is 2. The van der Waals surface area contributed by atoms with Gasteiger partial charge < -0.3 is 14.0 Å². The summed E-state index contributed by atoms with van der Waals surface area (Å²) in [4.78, 5) is 17.3.